The van der Waals surface area contributed by atoms with Gasteiger partial charge in [-0.25, -0.2) is 0 Å². The lowest BCUT2D eigenvalue weighted by molar-refractivity contribution is 0.0773. The van der Waals surface area contributed by atoms with Gasteiger partial charge in [-0.1, -0.05) is 17.7 Å². The van der Waals surface area contributed by atoms with Gasteiger partial charge in [0.15, 0.2) is 0 Å². The highest BCUT2D eigenvalue weighted by molar-refractivity contribution is 6.30. The molecule has 0 bridgehead atoms. The monoisotopic (exact) mass is 330 g/mol. The van der Waals surface area contributed by atoms with Crippen molar-refractivity contribution in [2.75, 3.05) is 32.1 Å². The van der Waals surface area contributed by atoms with Crippen molar-refractivity contribution in [1.29, 1.82) is 0 Å². The second-order valence-corrected chi connectivity index (χ2v) is 6.02. The second kappa shape index (κ2) is 6.92. The number of rotatable bonds is 5. The Morgan fingerprint density at radius 1 is 1.30 bits per heavy atom. The predicted octanol–water partition coefficient (Wildman–Crippen LogP) is 3.46. The third-order valence-electron chi connectivity index (χ3n) is 3.90. The fourth-order valence-corrected chi connectivity index (χ4v) is 2.80. The number of nitrogens with zero attached hydrogens (tertiary/aromatic N) is 1. The lowest BCUT2D eigenvalue weighted by Gasteiger charge is -2.18. The van der Waals surface area contributed by atoms with Crippen molar-refractivity contribution in [3.63, 3.8) is 0 Å². The van der Waals surface area contributed by atoms with Gasteiger partial charge in [-0.3, -0.25) is 4.79 Å². The number of amides is 1. The summed E-state index contributed by atoms with van der Waals surface area (Å²) in [4.78, 5) is 14.1. The summed E-state index contributed by atoms with van der Waals surface area (Å²) in [7, 11) is 1.79. The van der Waals surface area contributed by atoms with E-state index < -0.39 is 0 Å². The molecule has 3 rings (SSSR count). The maximum Gasteiger partial charge on any atom is 0.253 e. The largest absolute Gasteiger partial charge is 0.492 e. The molecule has 0 saturated heterocycles. The van der Waals surface area contributed by atoms with Crippen molar-refractivity contribution in [2.24, 2.45) is 0 Å². The third kappa shape index (κ3) is 3.77. The van der Waals surface area contributed by atoms with Gasteiger partial charge in [-0.2, -0.15) is 0 Å². The minimum atomic E-state index is 0.00870. The van der Waals surface area contributed by atoms with Gasteiger partial charge in [0.1, 0.15) is 12.4 Å². The summed E-state index contributed by atoms with van der Waals surface area (Å²) < 4.78 is 5.63. The molecular weight excluding hydrogens is 312 g/mol. The van der Waals surface area contributed by atoms with Crippen LogP contribution in [0.3, 0.4) is 0 Å². The molecule has 5 heteroatoms. The third-order valence-corrected chi connectivity index (χ3v) is 4.14. The summed E-state index contributed by atoms with van der Waals surface area (Å²) in [5.41, 5.74) is 3.06. The Morgan fingerprint density at radius 3 is 3.00 bits per heavy atom. The topological polar surface area (TPSA) is 41.6 Å². The summed E-state index contributed by atoms with van der Waals surface area (Å²) >= 11 is 5.91. The molecule has 0 aromatic heterocycles. The fraction of sp³-hybridized carbons (Fsp3) is 0.278. The average molecular weight is 331 g/mol. The zero-order valence-corrected chi connectivity index (χ0v) is 13.8. The SMILES string of the molecule is CN(CCOc1cccc(Cl)c1)C(=O)c1ccc2c(c1)CCN2. The summed E-state index contributed by atoms with van der Waals surface area (Å²) in [6.07, 6.45) is 0.970. The number of hydrogen-bond acceptors (Lipinski definition) is 3. The summed E-state index contributed by atoms with van der Waals surface area (Å²) in [6.45, 7) is 1.88. The van der Waals surface area contributed by atoms with E-state index in [1.54, 1.807) is 24.1 Å². The van der Waals surface area contributed by atoms with E-state index in [2.05, 4.69) is 5.32 Å². The average Bonchev–Trinajstić information content (AvgIpc) is 3.01. The molecule has 2 aromatic rings. The molecule has 0 radical (unpaired) electrons. The van der Waals surface area contributed by atoms with Crippen LogP contribution in [0.5, 0.6) is 5.75 Å². The van der Waals surface area contributed by atoms with Crippen molar-refractivity contribution in [3.05, 3.63) is 58.6 Å². The van der Waals surface area contributed by atoms with E-state index in [0.29, 0.717) is 23.9 Å². The predicted molar refractivity (Wildman–Crippen MR) is 92.5 cm³/mol. The second-order valence-electron chi connectivity index (χ2n) is 5.58. The lowest BCUT2D eigenvalue weighted by atomic mass is 10.1. The van der Waals surface area contributed by atoms with Crippen molar-refractivity contribution in [1.82, 2.24) is 4.90 Å². The number of anilines is 1. The van der Waals surface area contributed by atoms with Crippen molar-refractivity contribution >= 4 is 23.2 Å². The number of carbonyl (C=O) groups excluding carboxylic acids is 1. The zero-order valence-electron chi connectivity index (χ0n) is 13.0. The highest BCUT2D eigenvalue weighted by Gasteiger charge is 2.16. The van der Waals surface area contributed by atoms with E-state index in [9.17, 15) is 4.79 Å². The molecule has 0 fully saturated rings. The summed E-state index contributed by atoms with van der Waals surface area (Å²) in [5.74, 6) is 0.719. The van der Waals surface area contributed by atoms with Crippen LogP contribution in [0.15, 0.2) is 42.5 Å². The highest BCUT2D eigenvalue weighted by atomic mass is 35.5. The molecule has 1 amide bonds. The summed E-state index contributed by atoms with van der Waals surface area (Å²) in [6, 6.07) is 13.1. The first-order chi connectivity index (χ1) is 11.1. The van der Waals surface area contributed by atoms with Gasteiger partial charge >= 0.3 is 0 Å². The quantitative estimate of drug-likeness (QED) is 0.912. The van der Waals surface area contributed by atoms with Crippen LogP contribution in [-0.2, 0) is 6.42 Å². The molecule has 4 nitrogen and oxygen atoms in total. The minimum absolute atomic E-state index is 0.00870. The Hall–Kier alpha value is -2.20. The van der Waals surface area contributed by atoms with Crippen LogP contribution in [-0.4, -0.2) is 37.6 Å². The molecule has 2 aromatic carbocycles. The van der Waals surface area contributed by atoms with Crippen LogP contribution in [0.1, 0.15) is 15.9 Å². The van der Waals surface area contributed by atoms with Crippen LogP contribution in [0.4, 0.5) is 5.69 Å². The molecule has 0 unspecified atom stereocenters. The Kier molecular flexibility index (Phi) is 4.72. The van der Waals surface area contributed by atoms with Gasteiger partial charge in [-0.05, 0) is 48.4 Å². The van der Waals surface area contributed by atoms with Gasteiger partial charge < -0.3 is 15.0 Å². The maximum absolute atomic E-state index is 12.5. The highest BCUT2D eigenvalue weighted by Crippen LogP contribution is 2.23. The Labute approximate surface area is 141 Å². The van der Waals surface area contributed by atoms with Crippen LogP contribution >= 0.6 is 11.6 Å². The number of nitrogens with one attached hydrogen (secondary N) is 1. The van der Waals surface area contributed by atoms with Gasteiger partial charge in [0.25, 0.3) is 5.91 Å². The fourth-order valence-electron chi connectivity index (χ4n) is 2.62. The molecule has 0 aliphatic carbocycles. The minimum Gasteiger partial charge on any atom is -0.492 e. The molecule has 1 heterocycles. The van der Waals surface area contributed by atoms with E-state index >= 15 is 0 Å². The number of likely N-dealkylation sites (N-methyl/N-ethyl adjacent to an activating group) is 1. The number of fused-ring (bicyclic) bond motifs is 1. The number of hydrogen-bond donors (Lipinski definition) is 1. The zero-order chi connectivity index (χ0) is 16.2. The standard InChI is InChI=1S/C18H19ClN2O2/c1-21(9-10-23-16-4-2-3-15(19)12-16)18(22)14-5-6-17-13(11-14)7-8-20-17/h2-6,11-12,20H,7-10H2,1H3. The van der Waals surface area contributed by atoms with E-state index in [0.717, 1.165) is 24.2 Å². The van der Waals surface area contributed by atoms with Crippen LogP contribution in [0.25, 0.3) is 0 Å². The van der Waals surface area contributed by atoms with E-state index in [4.69, 9.17) is 16.3 Å². The van der Waals surface area contributed by atoms with Gasteiger partial charge in [0, 0.05) is 29.9 Å². The first-order valence-corrected chi connectivity index (χ1v) is 8.02. The van der Waals surface area contributed by atoms with Gasteiger partial charge in [-0.15, -0.1) is 0 Å². The Morgan fingerprint density at radius 2 is 2.17 bits per heavy atom. The van der Waals surface area contributed by atoms with Gasteiger partial charge in [0.2, 0.25) is 0 Å². The number of ether oxygens (including phenoxy) is 1. The number of carbonyl (C=O) groups is 1. The molecule has 1 aliphatic rings. The molecule has 1 N–H and O–H groups in total. The van der Waals surface area contributed by atoms with Crippen molar-refractivity contribution < 1.29 is 9.53 Å². The number of benzene rings is 2. The van der Waals surface area contributed by atoms with Gasteiger partial charge in [0.05, 0.1) is 6.54 Å². The lowest BCUT2D eigenvalue weighted by Crippen LogP contribution is -2.30. The maximum atomic E-state index is 12.5. The first-order valence-electron chi connectivity index (χ1n) is 7.64. The van der Waals surface area contributed by atoms with Crippen molar-refractivity contribution in [3.8, 4) is 5.75 Å². The molecule has 120 valence electrons. The molecule has 0 spiro atoms. The normalized spacial score (nSPS) is 12.4. The van der Waals surface area contributed by atoms with Crippen LogP contribution in [0.2, 0.25) is 5.02 Å². The van der Waals surface area contributed by atoms with E-state index in [-0.39, 0.29) is 5.91 Å². The molecular formula is C18H19ClN2O2. The van der Waals surface area contributed by atoms with Crippen molar-refractivity contribution in [2.45, 2.75) is 6.42 Å². The number of halogens is 1. The molecule has 1 aliphatic heterocycles. The molecule has 23 heavy (non-hydrogen) atoms. The Bertz CT molecular complexity index is 718. The Balaban J connectivity index is 1.55. The van der Waals surface area contributed by atoms with E-state index in [1.165, 1.54) is 5.56 Å². The smallest absolute Gasteiger partial charge is 0.253 e. The molecule has 0 saturated carbocycles. The summed E-state index contributed by atoms with van der Waals surface area (Å²) in [5, 5.41) is 3.93. The van der Waals surface area contributed by atoms with Crippen LogP contribution in [0, 0.1) is 0 Å². The first kappa shape index (κ1) is 15.7. The van der Waals surface area contributed by atoms with E-state index in [1.807, 2.05) is 30.3 Å². The van der Waals surface area contributed by atoms with Crippen LogP contribution < -0.4 is 10.1 Å². The molecule has 0 atom stereocenters.